The Hall–Kier alpha value is -1.19. The summed E-state index contributed by atoms with van der Waals surface area (Å²) in [5.74, 6) is -1.14. The molecule has 0 aliphatic rings. The van der Waals surface area contributed by atoms with Crippen molar-refractivity contribution >= 4 is 25.7 Å². The van der Waals surface area contributed by atoms with Gasteiger partial charge in [0.05, 0.1) is 16.3 Å². The van der Waals surface area contributed by atoms with Crippen molar-refractivity contribution in [1.82, 2.24) is 4.31 Å². The summed E-state index contributed by atoms with van der Waals surface area (Å²) in [6, 6.07) is 2.93. The lowest BCUT2D eigenvalue weighted by Gasteiger charge is -2.24. The van der Waals surface area contributed by atoms with Gasteiger partial charge in [-0.15, -0.1) is 0 Å². The van der Waals surface area contributed by atoms with E-state index in [4.69, 9.17) is 0 Å². The Morgan fingerprint density at radius 1 is 1.22 bits per heavy atom. The molecule has 1 aromatic rings. The Bertz CT molecular complexity index is 748. The predicted molar refractivity (Wildman–Crippen MR) is 88.8 cm³/mol. The van der Waals surface area contributed by atoms with E-state index in [0.29, 0.717) is 6.42 Å². The molecule has 1 rings (SSSR count). The van der Waals surface area contributed by atoms with Gasteiger partial charge < -0.3 is 0 Å². The van der Waals surface area contributed by atoms with Crippen LogP contribution in [-0.4, -0.2) is 40.0 Å². The van der Waals surface area contributed by atoms with E-state index in [1.165, 1.54) is 24.3 Å². The van der Waals surface area contributed by atoms with Gasteiger partial charge in [-0.3, -0.25) is 4.72 Å². The zero-order chi connectivity index (χ0) is 17.8. The second-order valence-electron chi connectivity index (χ2n) is 5.31. The van der Waals surface area contributed by atoms with Gasteiger partial charge in [-0.2, -0.15) is 4.31 Å². The maximum atomic E-state index is 14.0. The monoisotopic (exact) mass is 366 g/mol. The number of anilines is 1. The van der Waals surface area contributed by atoms with Gasteiger partial charge >= 0.3 is 0 Å². The molecular formula is C14H23FN2O4S2. The van der Waals surface area contributed by atoms with Crippen LogP contribution < -0.4 is 4.72 Å². The third-order valence-electron chi connectivity index (χ3n) is 3.59. The van der Waals surface area contributed by atoms with E-state index in [0.717, 1.165) is 18.6 Å². The molecule has 9 heteroatoms. The Labute approximate surface area is 137 Å². The zero-order valence-electron chi connectivity index (χ0n) is 13.7. The fourth-order valence-electron chi connectivity index (χ4n) is 1.98. The highest BCUT2D eigenvalue weighted by Gasteiger charge is 2.26. The lowest BCUT2D eigenvalue weighted by molar-refractivity contribution is 0.368. The summed E-state index contributed by atoms with van der Waals surface area (Å²) in [4.78, 5) is -0.208. The largest absolute Gasteiger partial charge is 0.281 e. The molecule has 0 saturated heterocycles. The molecule has 0 heterocycles. The van der Waals surface area contributed by atoms with Gasteiger partial charge in [0.25, 0.3) is 0 Å². The van der Waals surface area contributed by atoms with Crippen molar-refractivity contribution in [3.05, 3.63) is 24.0 Å². The van der Waals surface area contributed by atoms with Crippen LogP contribution in [0.1, 0.15) is 33.6 Å². The van der Waals surface area contributed by atoms with Crippen molar-refractivity contribution in [2.45, 2.75) is 44.6 Å². The van der Waals surface area contributed by atoms with Crippen molar-refractivity contribution in [2.75, 3.05) is 17.5 Å². The number of halogens is 1. The van der Waals surface area contributed by atoms with Crippen LogP contribution in [0.5, 0.6) is 0 Å². The summed E-state index contributed by atoms with van der Waals surface area (Å²) in [6.45, 7) is 5.15. The lowest BCUT2D eigenvalue weighted by atomic mass is 10.2. The van der Waals surface area contributed by atoms with Crippen molar-refractivity contribution in [1.29, 1.82) is 0 Å². The minimum absolute atomic E-state index is 0.205. The van der Waals surface area contributed by atoms with Crippen molar-refractivity contribution < 1.29 is 21.2 Å². The molecule has 0 bridgehead atoms. The van der Waals surface area contributed by atoms with Crippen LogP contribution in [0.25, 0.3) is 0 Å². The number of sulfonamides is 2. The normalized spacial score (nSPS) is 14.0. The van der Waals surface area contributed by atoms with E-state index < -0.39 is 25.9 Å². The first-order valence-electron chi connectivity index (χ1n) is 7.33. The Kier molecular flexibility index (Phi) is 6.55. The van der Waals surface area contributed by atoms with Gasteiger partial charge in [-0.25, -0.2) is 21.2 Å². The average Bonchev–Trinajstić information content (AvgIpc) is 2.48. The molecule has 1 atom stereocenters. The number of nitrogens with zero attached hydrogens (tertiary/aromatic N) is 1. The van der Waals surface area contributed by atoms with Crippen molar-refractivity contribution in [2.24, 2.45) is 0 Å². The number of rotatable bonds is 8. The van der Waals surface area contributed by atoms with Crippen molar-refractivity contribution in [3.63, 3.8) is 0 Å². The Balaban J connectivity index is 3.14. The summed E-state index contributed by atoms with van der Waals surface area (Å²) in [6.07, 6.45) is 1.51. The molecule has 132 valence electrons. The molecule has 0 saturated carbocycles. The SMILES string of the molecule is CCC[C@@H](C)N(C)S(=O)(=O)c1ccc(NS(=O)(=O)CC)c(F)c1. The molecule has 1 aromatic carbocycles. The van der Waals surface area contributed by atoms with Crippen LogP contribution in [0.15, 0.2) is 23.1 Å². The molecule has 0 fully saturated rings. The van der Waals surface area contributed by atoms with Crippen LogP contribution >= 0.6 is 0 Å². The van der Waals surface area contributed by atoms with E-state index in [-0.39, 0.29) is 22.4 Å². The van der Waals surface area contributed by atoms with Crippen LogP contribution in [0.3, 0.4) is 0 Å². The number of hydrogen-bond donors (Lipinski definition) is 1. The summed E-state index contributed by atoms with van der Waals surface area (Å²) in [5.41, 5.74) is -0.268. The molecule has 0 spiro atoms. The predicted octanol–water partition coefficient (Wildman–Crippen LogP) is 2.40. The maximum absolute atomic E-state index is 14.0. The highest BCUT2D eigenvalue weighted by atomic mass is 32.2. The quantitative estimate of drug-likeness (QED) is 0.766. The maximum Gasteiger partial charge on any atom is 0.243 e. The topological polar surface area (TPSA) is 83.6 Å². The van der Waals surface area contributed by atoms with Crippen LogP contribution in [0.2, 0.25) is 0 Å². The third-order valence-corrected chi connectivity index (χ3v) is 6.85. The molecule has 0 aromatic heterocycles. The summed E-state index contributed by atoms with van der Waals surface area (Å²) >= 11 is 0. The molecule has 0 radical (unpaired) electrons. The molecule has 0 aliphatic carbocycles. The van der Waals surface area contributed by atoms with Crippen LogP contribution in [0, 0.1) is 5.82 Å². The highest BCUT2D eigenvalue weighted by Crippen LogP contribution is 2.23. The molecule has 6 nitrogen and oxygen atoms in total. The fourth-order valence-corrected chi connectivity index (χ4v) is 4.03. The summed E-state index contributed by atoms with van der Waals surface area (Å²) < 4.78 is 65.2. The van der Waals surface area contributed by atoms with Gasteiger partial charge in [0.15, 0.2) is 0 Å². The minimum atomic E-state index is -3.83. The van der Waals surface area contributed by atoms with Gasteiger partial charge in [-0.05, 0) is 38.5 Å². The summed E-state index contributed by atoms with van der Waals surface area (Å²) in [5, 5.41) is 0. The van der Waals surface area contributed by atoms with E-state index in [1.54, 1.807) is 6.92 Å². The van der Waals surface area contributed by atoms with Gasteiger partial charge in [0, 0.05) is 13.1 Å². The smallest absolute Gasteiger partial charge is 0.243 e. The van der Waals surface area contributed by atoms with Gasteiger partial charge in [0.1, 0.15) is 5.82 Å². The van der Waals surface area contributed by atoms with E-state index in [9.17, 15) is 21.2 Å². The number of hydrogen-bond acceptors (Lipinski definition) is 4. The van der Waals surface area contributed by atoms with Crippen LogP contribution in [-0.2, 0) is 20.0 Å². The van der Waals surface area contributed by atoms with E-state index in [2.05, 4.69) is 4.72 Å². The number of nitrogens with one attached hydrogen (secondary N) is 1. The zero-order valence-corrected chi connectivity index (χ0v) is 15.3. The minimum Gasteiger partial charge on any atom is -0.281 e. The number of benzene rings is 1. The third kappa shape index (κ3) is 4.89. The molecular weight excluding hydrogens is 343 g/mol. The van der Waals surface area contributed by atoms with Gasteiger partial charge in [-0.1, -0.05) is 13.3 Å². The Morgan fingerprint density at radius 3 is 2.30 bits per heavy atom. The average molecular weight is 366 g/mol. The fraction of sp³-hybridized carbons (Fsp3) is 0.571. The second-order valence-corrected chi connectivity index (χ2v) is 9.31. The highest BCUT2D eigenvalue weighted by molar-refractivity contribution is 7.92. The van der Waals surface area contributed by atoms with Crippen molar-refractivity contribution in [3.8, 4) is 0 Å². The second kappa shape index (κ2) is 7.59. The molecule has 0 unspecified atom stereocenters. The molecule has 1 N–H and O–H groups in total. The standard InChI is InChI=1S/C14H23FN2O4S2/c1-5-7-11(3)17(4)23(20,21)12-8-9-14(13(15)10-12)16-22(18,19)6-2/h8-11,16H,5-7H2,1-4H3/t11-/m1/s1. The van der Waals surface area contributed by atoms with E-state index >= 15 is 0 Å². The molecule has 0 aliphatic heterocycles. The molecule has 23 heavy (non-hydrogen) atoms. The first kappa shape index (κ1) is 19.9. The molecule has 0 amide bonds. The van der Waals surface area contributed by atoms with Gasteiger partial charge in [0.2, 0.25) is 20.0 Å². The first-order valence-corrected chi connectivity index (χ1v) is 10.4. The summed E-state index contributed by atoms with van der Waals surface area (Å²) in [7, 11) is -6.02. The Morgan fingerprint density at radius 2 is 1.83 bits per heavy atom. The van der Waals surface area contributed by atoms with E-state index in [1.807, 2.05) is 6.92 Å². The lowest BCUT2D eigenvalue weighted by Crippen LogP contribution is -2.35. The van der Waals surface area contributed by atoms with Crippen LogP contribution in [0.4, 0.5) is 10.1 Å². The first-order chi connectivity index (χ1) is 10.5.